The largest absolute Gasteiger partial charge is 0.507 e. The second kappa shape index (κ2) is 4.23. The number of phenols is 2. The van der Waals surface area contributed by atoms with Gasteiger partial charge in [-0.05, 0) is 34.1 Å². The van der Waals surface area contributed by atoms with Gasteiger partial charge in [0.1, 0.15) is 11.5 Å². The Morgan fingerprint density at radius 1 is 0.857 bits per heavy atom. The van der Waals surface area contributed by atoms with Gasteiger partial charge in [0, 0.05) is 10.2 Å². The lowest BCUT2D eigenvalue weighted by Crippen LogP contribution is -2.24. The molecule has 6 N–H and O–H groups in total. The number of nitrogens with two attached hydrogens (primary N) is 2. The minimum absolute atomic E-state index is 0.0219. The maximum Gasteiger partial charge on any atom is 0.200 e. The number of carbonyl (C=O) groups is 2. The van der Waals surface area contributed by atoms with Crippen LogP contribution in [0.15, 0.2) is 22.7 Å². The smallest absolute Gasteiger partial charge is 0.200 e. The summed E-state index contributed by atoms with van der Waals surface area (Å²) in [5.74, 6) is -2.04. The van der Waals surface area contributed by atoms with E-state index < -0.39 is 11.6 Å². The van der Waals surface area contributed by atoms with Crippen LogP contribution >= 0.6 is 15.9 Å². The fourth-order valence-corrected chi connectivity index (χ4v) is 2.87. The number of hydrogen-bond donors (Lipinski definition) is 4. The molecule has 2 aromatic carbocycles. The van der Waals surface area contributed by atoms with Gasteiger partial charge in [-0.15, -0.1) is 0 Å². The molecule has 2 aromatic rings. The average molecular weight is 349 g/mol. The van der Waals surface area contributed by atoms with Gasteiger partial charge in [0.2, 0.25) is 11.6 Å². The first kappa shape index (κ1) is 13.4. The number of benzene rings is 2. The van der Waals surface area contributed by atoms with Crippen LogP contribution in [-0.4, -0.2) is 21.8 Å². The van der Waals surface area contributed by atoms with Crippen LogP contribution in [0.4, 0.5) is 11.4 Å². The monoisotopic (exact) mass is 348 g/mol. The second-order valence-corrected chi connectivity index (χ2v) is 5.48. The molecule has 0 aromatic heterocycles. The first-order valence-electron chi connectivity index (χ1n) is 5.86. The molecule has 106 valence electrons. The van der Waals surface area contributed by atoms with E-state index in [4.69, 9.17) is 11.5 Å². The first-order valence-corrected chi connectivity index (χ1v) is 6.65. The highest BCUT2D eigenvalue weighted by Crippen LogP contribution is 2.43. The van der Waals surface area contributed by atoms with Gasteiger partial charge in [-0.1, -0.05) is 0 Å². The predicted molar refractivity (Wildman–Crippen MR) is 79.6 cm³/mol. The van der Waals surface area contributed by atoms with Crippen molar-refractivity contribution in [3.8, 4) is 11.5 Å². The highest BCUT2D eigenvalue weighted by atomic mass is 79.9. The minimum Gasteiger partial charge on any atom is -0.507 e. The molecule has 0 radical (unpaired) electrons. The quantitative estimate of drug-likeness (QED) is 0.362. The number of phenolic OH excluding ortho intramolecular Hbond substituents is 2. The fraction of sp³-hybridized carbons (Fsp3) is 0. The number of aromatic hydroxyl groups is 2. The molecule has 21 heavy (non-hydrogen) atoms. The van der Waals surface area contributed by atoms with Gasteiger partial charge < -0.3 is 21.7 Å². The highest BCUT2D eigenvalue weighted by molar-refractivity contribution is 9.10. The van der Waals surface area contributed by atoms with Crippen LogP contribution in [0.3, 0.4) is 0 Å². The van der Waals surface area contributed by atoms with E-state index in [1.54, 1.807) is 0 Å². The number of hydrogen-bond acceptors (Lipinski definition) is 6. The number of anilines is 2. The maximum absolute atomic E-state index is 12.6. The molecule has 7 heteroatoms. The van der Waals surface area contributed by atoms with Crippen molar-refractivity contribution in [2.45, 2.75) is 0 Å². The van der Waals surface area contributed by atoms with Crippen LogP contribution in [0.5, 0.6) is 11.5 Å². The predicted octanol–water partition coefficient (Wildman–Crippen LogP) is 1.80. The molecule has 1 aliphatic carbocycles. The molecule has 0 bridgehead atoms. The molecular weight excluding hydrogens is 340 g/mol. The second-order valence-electron chi connectivity index (χ2n) is 4.62. The van der Waals surface area contributed by atoms with E-state index in [1.165, 1.54) is 18.2 Å². The molecule has 0 saturated carbocycles. The van der Waals surface area contributed by atoms with Crippen molar-refractivity contribution in [1.82, 2.24) is 0 Å². The van der Waals surface area contributed by atoms with Crippen molar-refractivity contribution in [3.05, 3.63) is 44.9 Å². The number of ketones is 2. The van der Waals surface area contributed by atoms with Gasteiger partial charge in [0.15, 0.2) is 0 Å². The number of nitrogen functional groups attached to an aromatic ring is 2. The van der Waals surface area contributed by atoms with Gasteiger partial charge in [0.25, 0.3) is 0 Å². The van der Waals surface area contributed by atoms with Gasteiger partial charge in [-0.3, -0.25) is 9.59 Å². The highest BCUT2D eigenvalue weighted by Gasteiger charge is 2.37. The van der Waals surface area contributed by atoms with Crippen LogP contribution in [0, 0.1) is 0 Å². The number of rotatable bonds is 0. The Bertz CT molecular complexity index is 846. The molecule has 6 nitrogen and oxygen atoms in total. The summed E-state index contributed by atoms with van der Waals surface area (Å²) in [5.41, 5.74) is 11.0. The third-order valence-electron chi connectivity index (χ3n) is 3.42. The Morgan fingerprint density at radius 3 is 2.10 bits per heavy atom. The van der Waals surface area contributed by atoms with E-state index in [0.29, 0.717) is 0 Å². The molecule has 3 rings (SSSR count). The summed E-state index contributed by atoms with van der Waals surface area (Å²) < 4.78 is 0.284. The summed E-state index contributed by atoms with van der Waals surface area (Å²) in [4.78, 5) is 25.1. The Hall–Kier alpha value is -2.54. The normalized spacial score (nSPS) is 13.0. The molecule has 0 heterocycles. The van der Waals surface area contributed by atoms with E-state index in [0.717, 1.165) is 0 Å². The minimum atomic E-state index is -0.654. The summed E-state index contributed by atoms with van der Waals surface area (Å²) >= 11 is 3.11. The zero-order valence-corrected chi connectivity index (χ0v) is 12.1. The van der Waals surface area contributed by atoms with E-state index in [2.05, 4.69) is 15.9 Å². The average Bonchev–Trinajstić information content (AvgIpc) is 2.42. The van der Waals surface area contributed by atoms with Crippen LogP contribution in [0.1, 0.15) is 31.8 Å². The van der Waals surface area contributed by atoms with Gasteiger partial charge in [0.05, 0.1) is 27.9 Å². The lowest BCUT2D eigenvalue weighted by molar-refractivity contribution is 0.0975. The molecule has 0 unspecified atom stereocenters. The Labute approximate surface area is 127 Å². The van der Waals surface area contributed by atoms with E-state index in [9.17, 15) is 19.8 Å². The van der Waals surface area contributed by atoms with Gasteiger partial charge in [-0.2, -0.15) is 0 Å². The van der Waals surface area contributed by atoms with Crippen molar-refractivity contribution >= 4 is 38.9 Å². The van der Waals surface area contributed by atoms with Crippen LogP contribution < -0.4 is 11.5 Å². The third kappa shape index (κ3) is 1.64. The maximum atomic E-state index is 12.6. The van der Waals surface area contributed by atoms with Gasteiger partial charge in [-0.25, -0.2) is 0 Å². The molecule has 0 saturated heterocycles. The van der Waals surface area contributed by atoms with Crippen LogP contribution in [0.2, 0.25) is 0 Å². The SMILES string of the molecule is Nc1ccc(O)c2c1C(=O)c1c(O)cc(Br)c(N)c1C2=O. The van der Waals surface area contributed by atoms with Gasteiger partial charge >= 0.3 is 0 Å². The zero-order chi connectivity index (χ0) is 15.5. The number of carbonyl (C=O) groups excluding carboxylic acids is 2. The molecule has 1 aliphatic rings. The fourth-order valence-electron chi connectivity index (χ4n) is 2.45. The zero-order valence-electron chi connectivity index (χ0n) is 10.5. The van der Waals surface area contributed by atoms with E-state index >= 15 is 0 Å². The molecule has 0 aliphatic heterocycles. The van der Waals surface area contributed by atoms with Crippen molar-refractivity contribution in [2.75, 3.05) is 11.5 Å². The van der Waals surface area contributed by atoms with E-state index in [-0.39, 0.29) is 49.6 Å². The Balaban J connectivity index is 2.47. The molecule has 0 spiro atoms. The van der Waals surface area contributed by atoms with Crippen molar-refractivity contribution in [2.24, 2.45) is 0 Å². The lowest BCUT2D eigenvalue weighted by Gasteiger charge is -2.22. The van der Waals surface area contributed by atoms with E-state index in [1.807, 2.05) is 0 Å². The lowest BCUT2D eigenvalue weighted by atomic mass is 9.81. The topological polar surface area (TPSA) is 127 Å². The summed E-state index contributed by atoms with van der Waals surface area (Å²) in [6.45, 7) is 0. The number of halogens is 1. The Kier molecular flexibility index (Phi) is 2.70. The molecule has 0 atom stereocenters. The Morgan fingerprint density at radius 2 is 1.43 bits per heavy atom. The van der Waals surface area contributed by atoms with Crippen molar-refractivity contribution in [3.63, 3.8) is 0 Å². The number of fused-ring (bicyclic) bond motifs is 2. The van der Waals surface area contributed by atoms with Crippen molar-refractivity contribution < 1.29 is 19.8 Å². The standard InChI is InChI=1S/C14H9BrN2O4/c15-4-3-7(19)10-11(12(4)17)14(21)9-6(18)2-1-5(16)8(9)13(10)20/h1-3,18-19H,16-17H2. The molecule has 0 amide bonds. The van der Waals surface area contributed by atoms with Crippen molar-refractivity contribution in [1.29, 1.82) is 0 Å². The molecular formula is C14H9BrN2O4. The summed E-state index contributed by atoms with van der Waals surface area (Å²) in [7, 11) is 0. The summed E-state index contributed by atoms with van der Waals surface area (Å²) in [6, 6.07) is 3.80. The summed E-state index contributed by atoms with van der Waals surface area (Å²) in [6.07, 6.45) is 0. The first-order chi connectivity index (χ1) is 9.84. The van der Waals surface area contributed by atoms with Crippen LogP contribution in [-0.2, 0) is 0 Å². The molecule has 0 fully saturated rings. The summed E-state index contributed by atoms with van der Waals surface area (Å²) in [5, 5.41) is 19.9. The third-order valence-corrected chi connectivity index (χ3v) is 4.08. The van der Waals surface area contributed by atoms with Crippen LogP contribution in [0.25, 0.3) is 0 Å².